The molecular formula is C53H95N3O49P2. The lowest BCUT2D eigenvalue weighted by Crippen LogP contribution is -2.69. The number of ether oxygens (including phenoxy) is 15. The van der Waals surface area contributed by atoms with Crippen molar-refractivity contribution >= 4 is 21.6 Å². The van der Waals surface area contributed by atoms with E-state index in [1.807, 2.05) is 0 Å². The molecule has 43 atom stereocenters. The van der Waals surface area contributed by atoms with E-state index in [9.17, 15) is 161 Å². The molecule has 0 aromatic rings. The van der Waals surface area contributed by atoms with E-state index in [1.54, 1.807) is 0 Å². The number of phosphoric ester groups is 2. The fourth-order valence-electron chi connectivity index (χ4n) is 12.9. The van der Waals surface area contributed by atoms with Crippen LogP contribution in [0.4, 0.5) is 0 Å². The predicted octanol–water partition coefficient (Wildman–Crippen LogP) is -20.4. The van der Waals surface area contributed by atoms with Gasteiger partial charge in [0, 0.05) is 6.42 Å². The molecule has 0 aliphatic carbocycles. The molecular weight excluding hydrogens is 1520 g/mol. The lowest BCUT2D eigenvalue weighted by Gasteiger charge is -2.51. The monoisotopic (exact) mass is 1620 g/mol. The Hall–Kier alpha value is -1.99. The van der Waals surface area contributed by atoms with E-state index in [2.05, 4.69) is 0 Å². The van der Waals surface area contributed by atoms with E-state index in [4.69, 9.17) is 97.3 Å². The zero-order valence-electron chi connectivity index (χ0n) is 55.4. The van der Waals surface area contributed by atoms with E-state index in [0.717, 1.165) is 0 Å². The molecule has 8 aliphatic rings. The van der Waals surface area contributed by atoms with Crippen molar-refractivity contribution in [2.75, 3.05) is 52.9 Å². The van der Waals surface area contributed by atoms with Crippen LogP contribution < -0.4 is 17.2 Å². The quantitative estimate of drug-likeness (QED) is 0.0287. The summed E-state index contributed by atoms with van der Waals surface area (Å²) in [5.74, 6) is -5.63. The third kappa shape index (κ3) is 20.6. The summed E-state index contributed by atoms with van der Waals surface area (Å²) in [6.45, 7) is -9.44. The molecule has 35 N–H and O–H groups in total. The van der Waals surface area contributed by atoms with Crippen LogP contribution in [0.15, 0.2) is 0 Å². The molecule has 0 aromatic heterocycles. The van der Waals surface area contributed by atoms with Gasteiger partial charge in [-0.1, -0.05) is 0 Å². The van der Waals surface area contributed by atoms with Gasteiger partial charge in [0.2, 0.25) is 0 Å². The van der Waals surface area contributed by atoms with Gasteiger partial charge < -0.3 is 235 Å². The van der Waals surface area contributed by atoms with Crippen LogP contribution in [0.5, 0.6) is 0 Å². The Morgan fingerprint density at radius 1 is 0.402 bits per heavy atom. The first-order valence-electron chi connectivity index (χ1n) is 32.7. The minimum Gasteiger partial charge on any atom is -0.477 e. The summed E-state index contributed by atoms with van der Waals surface area (Å²) in [4.78, 5) is 53.5. The van der Waals surface area contributed by atoms with Crippen LogP contribution in [-0.4, -0.2) is 469 Å². The summed E-state index contributed by atoms with van der Waals surface area (Å²) in [7, 11) is -11.8. The number of aliphatic hydroxyl groups is 24. The van der Waals surface area contributed by atoms with Gasteiger partial charge in [0.05, 0.1) is 77.1 Å². The van der Waals surface area contributed by atoms with Crippen LogP contribution >= 0.6 is 15.6 Å². The van der Waals surface area contributed by atoms with Gasteiger partial charge in [-0.05, 0) is 0 Å². The minimum absolute atomic E-state index is 0.848. The minimum atomic E-state index is -6.07. The summed E-state index contributed by atoms with van der Waals surface area (Å²) >= 11 is 0. The van der Waals surface area contributed by atoms with E-state index < -0.39 is 344 Å². The molecule has 52 nitrogen and oxygen atoms in total. The van der Waals surface area contributed by atoms with Crippen LogP contribution in [0, 0.1) is 0 Å². The first-order valence-corrected chi connectivity index (χ1v) is 35.7. The summed E-state index contributed by atoms with van der Waals surface area (Å²) in [6, 6.07) is -4.90. The Morgan fingerprint density at radius 3 is 1.40 bits per heavy atom. The molecule has 0 radical (unpaired) electrons. The zero-order valence-corrected chi connectivity index (χ0v) is 57.2. The first-order chi connectivity index (χ1) is 49.9. The fraction of sp³-hybridized carbons (Fsp3) is 0.981. The Bertz CT molecular complexity index is 2870. The van der Waals surface area contributed by atoms with Crippen molar-refractivity contribution in [3.8, 4) is 0 Å². The summed E-state index contributed by atoms with van der Waals surface area (Å²) < 4.78 is 118. The van der Waals surface area contributed by atoms with Gasteiger partial charge in [-0.15, -0.1) is 0 Å². The Balaban J connectivity index is 1.06. The van der Waals surface area contributed by atoms with E-state index >= 15 is 0 Å². The van der Waals surface area contributed by atoms with Crippen LogP contribution in [0.3, 0.4) is 0 Å². The van der Waals surface area contributed by atoms with E-state index in [-0.39, 0.29) is 0 Å². The standard InChI is InChI=1S/C53H95N3O49P2/c54-19-25(69)24(68)17(93-45(19)80)8-91-47-21(56)27(71)41(104-106(83,84)85)18(96-47)9-92-53(52(81)82)1-10(61)38(40(103-53)12(63)3-58)99-51-35(79)43(44(105-107(86,87)88)39(100-51)11(62)2-57)102-50-34(78)42(101-49-32(76)28(72)23(67)16(5-60)95-49)33(77)37(98-50)14(65)7-90-48-31(75)29(73)30(74)36(97-48)13(64)6-89-46-20(55)26(70)22(66)15(4-59)94-46/h10-51,57-80H,1-9,54-56H2,(H,81,82)(H2,83,84,85)(H2,86,87,88)/t10-,11+,12-,13+,14+,15-,16-,17-,18-,19-,20-,21-,22-,23-,24-,25-,26-,27-,28+,29+,30+,31+,32-,33-,34+,35+,36-,37-,38-,39-,40-,41-,42+,43-,44-,45+,46+,47-,48+,49-,50-,51+,53-/m1/s1. The molecule has 8 aliphatic heterocycles. The van der Waals surface area contributed by atoms with Crippen LogP contribution in [0.2, 0.25) is 0 Å². The number of rotatable bonds is 31. The fourth-order valence-corrected chi connectivity index (χ4v) is 14.0. The maximum atomic E-state index is 13.4. The van der Waals surface area contributed by atoms with Gasteiger partial charge in [0.25, 0.3) is 5.79 Å². The van der Waals surface area contributed by atoms with Crippen molar-refractivity contribution in [3.63, 3.8) is 0 Å². The van der Waals surface area contributed by atoms with E-state index in [1.165, 1.54) is 0 Å². The molecule has 0 bridgehead atoms. The molecule has 8 saturated heterocycles. The van der Waals surface area contributed by atoms with Crippen LogP contribution in [-0.2, 0) is 94.0 Å². The summed E-state index contributed by atoms with van der Waals surface area (Å²) in [5, 5.41) is 272. The van der Waals surface area contributed by atoms with Crippen molar-refractivity contribution in [3.05, 3.63) is 0 Å². The molecule has 8 heterocycles. The van der Waals surface area contributed by atoms with Gasteiger partial charge in [-0.2, -0.15) is 0 Å². The third-order valence-corrected chi connectivity index (χ3v) is 19.9. The second kappa shape index (κ2) is 37.7. The Kier molecular flexibility index (Phi) is 31.9. The van der Waals surface area contributed by atoms with Crippen LogP contribution in [0.1, 0.15) is 6.42 Å². The normalized spacial score (nSPS) is 48.1. The highest BCUT2D eigenvalue weighted by atomic mass is 31.2. The van der Waals surface area contributed by atoms with Gasteiger partial charge >= 0.3 is 21.6 Å². The molecule has 8 rings (SSSR count). The highest BCUT2D eigenvalue weighted by Gasteiger charge is 2.62. The second-order valence-corrected chi connectivity index (χ2v) is 28.7. The molecule has 0 amide bonds. The number of aliphatic hydroxyl groups excluding tert-OH is 24. The smallest absolute Gasteiger partial charge is 0.470 e. The second-order valence-electron chi connectivity index (χ2n) is 26.3. The predicted molar refractivity (Wildman–Crippen MR) is 321 cm³/mol. The van der Waals surface area contributed by atoms with Crippen molar-refractivity contribution < 1.29 is 241 Å². The van der Waals surface area contributed by atoms with Gasteiger partial charge in [-0.3, -0.25) is 9.05 Å². The highest BCUT2D eigenvalue weighted by Crippen LogP contribution is 2.47. The van der Waals surface area contributed by atoms with Gasteiger partial charge in [0.15, 0.2) is 44.0 Å². The molecule has 0 spiro atoms. The number of nitrogens with two attached hydrogens (primary N) is 3. The zero-order chi connectivity index (χ0) is 79.7. The third-order valence-electron chi connectivity index (χ3n) is 18.9. The summed E-state index contributed by atoms with van der Waals surface area (Å²) in [6.07, 6.45) is -89.5. The Labute approximate surface area is 601 Å². The number of aliphatic carboxylic acids is 1. The maximum Gasteiger partial charge on any atom is 0.470 e. The van der Waals surface area contributed by atoms with Gasteiger partial charge in [0.1, 0.15) is 189 Å². The van der Waals surface area contributed by atoms with Crippen LogP contribution in [0.25, 0.3) is 0 Å². The topological polar surface area (TPSA) is 873 Å². The number of hydrogen-bond acceptors (Lipinski definition) is 47. The summed E-state index contributed by atoms with van der Waals surface area (Å²) in [5.41, 5.74) is 17.6. The van der Waals surface area contributed by atoms with Gasteiger partial charge in [-0.25, -0.2) is 13.9 Å². The van der Waals surface area contributed by atoms with Crippen molar-refractivity contribution in [1.82, 2.24) is 0 Å². The number of carboxylic acid groups (broad SMARTS) is 1. The van der Waals surface area contributed by atoms with E-state index in [0.29, 0.717) is 0 Å². The van der Waals surface area contributed by atoms with Crippen molar-refractivity contribution in [2.45, 2.75) is 270 Å². The number of phosphoric acid groups is 2. The molecule has 0 aromatic carbocycles. The average Bonchev–Trinajstić information content (AvgIpc) is 0.755. The Morgan fingerprint density at radius 2 is 0.832 bits per heavy atom. The molecule has 0 saturated carbocycles. The number of carboxylic acids is 1. The molecule has 107 heavy (non-hydrogen) atoms. The average molecular weight is 1620 g/mol. The first kappa shape index (κ1) is 90.5. The molecule has 54 heteroatoms. The lowest BCUT2D eigenvalue weighted by atomic mass is 9.91. The largest absolute Gasteiger partial charge is 0.477 e. The number of hydrogen-bond donors (Lipinski definition) is 32. The molecule has 8 fully saturated rings. The highest BCUT2D eigenvalue weighted by molar-refractivity contribution is 7.46. The van der Waals surface area contributed by atoms with Crippen molar-refractivity contribution in [1.29, 1.82) is 0 Å². The molecule has 626 valence electrons. The maximum absolute atomic E-state index is 13.4. The SMILES string of the molecule is N[C@@H]1[C@@H](O)[C@H](O)[C@@H](CO[C@@H]2O[C@H](CO[C@]3(C(=O)O)C[C@@H](O)[C@@H](O[C@H]4O[C@H]([C@@H](O)CO)[C@@H](OP(=O)(O)O)[C@H](O[C@H]5O[C@H]([C@@H](O)CO[C@H]6O[C@H]([C@@H](O)CO[C@H]7O[C@H](CO)[C@@H](O)[C@H](O)[C@H]7N)[C@@H](O)[C@H](O)[C@@H]6O)[C@@H](O)[C@H](O[C@H]6O[C@H](CO)[C@@H](O)[C@H](O)[C@H]6O)[C@@H]5O)[C@@H]4O)[C@@H]([C@H](O)CO)O3)[C@@H](OP(=O)(O)O)[C@H](O)[C@H]2N)O[C@@H]1O. The number of carbonyl (C=O) groups is 1. The van der Waals surface area contributed by atoms with Crippen molar-refractivity contribution in [2.24, 2.45) is 17.2 Å². The lowest BCUT2D eigenvalue weighted by molar-refractivity contribution is -0.397. The molecule has 0 unspecified atom stereocenters.